The zero-order valence-corrected chi connectivity index (χ0v) is 12.7. The smallest absolute Gasteiger partial charge is 0.152 e. The number of benzene rings is 1. The van der Waals surface area contributed by atoms with Crippen molar-refractivity contribution in [2.24, 2.45) is 5.92 Å². The number of rotatable bonds is 7. The number of hydrogen-bond acceptors (Lipinski definition) is 4. The van der Waals surface area contributed by atoms with E-state index in [2.05, 4.69) is 19.2 Å². The van der Waals surface area contributed by atoms with Gasteiger partial charge in [0.05, 0.1) is 0 Å². The second-order valence-corrected chi connectivity index (χ2v) is 4.99. The van der Waals surface area contributed by atoms with Gasteiger partial charge < -0.3 is 15.8 Å². The van der Waals surface area contributed by atoms with E-state index in [1.165, 1.54) is 25.3 Å². The number of hydrogen-bond donors (Lipinski definition) is 3. The Bertz CT molecular complexity index is 574. The van der Waals surface area contributed by atoms with E-state index in [0.717, 1.165) is 12.1 Å². The van der Waals surface area contributed by atoms with Crippen LogP contribution in [-0.4, -0.2) is 17.1 Å². The Kier molecular flexibility index (Phi) is 6.40. The minimum Gasteiger partial charge on any atom is -0.508 e. The Labute approximate surface area is 125 Å². The van der Waals surface area contributed by atoms with Crippen LogP contribution in [0.15, 0.2) is 42.1 Å². The number of nitrogens with one attached hydrogen (secondary N) is 2. The maximum atomic E-state index is 11.1. The molecular weight excluding hydrogens is 264 g/mol. The Morgan fingerprint density at radius 3 is 2.71 bits per heavy atom. The van der Waals surface area contributed by atoms with Gasteiger partial charge in [0.2, 0.25) is 0 Å². The molecule has 0 aliphatic rings. The third kappa shape index (κ3) is 5.65. The molecule has 4 nitrogen and oxygen atoms in total. The second kappa shape index (κ2) is 8.04. The Hall–Kier alpha value is -2.36. The van der Waals surface area contributed by atoms with Crippen LogP contribution in [0.25, 0.3) is 0 Å². The molecule has 3 N–H and O–H groups in total. The molecule has 1 aromatic rings. The summed E-state index contributed by atoms with van der Waals surface area (Å²) in [6.45, 7) is 5.69. The molecule has 1 rings (SSSR count). The first kappa shape index (κ1) is 16.7. The van der Waals surface area contributed by atoms with E-state index in [-0.39, 0.29) is 11.5 Å². The van der Waals surface area contributed by atoms with Gasteiger partial charge in [0.15, 0.2) is 5.78 Å². The van der Waals surface area contributed by atoms with Crippen molar-refractivity contribution in [1.29, 1.82) is 5.41 Å². The minimum atomic E-state index is -0.0233. The summed E-state index contributed by atoms with van der Waals surface area (Å²) in [6.07, 6.45) is 7.45. The van der Waals surface area contributed by atoms with Crippen LogP contribution in [0.2, 0.25) is 0 Å². The SMILES string of the molecule is CCC(C)/C=C(\C=C/C(C)=O)Nc1ccc(O)cc1C=N. The summed E-state index contributed by atoms with van der Waals surface area (Å²) in [4.78, 5) is 11.1. The summed E-state index contributed by atoms with van der Waals surface area (Å²) in [7, 11) is 0. The highest BCUT2D eigenvalue weighted by molar-refractivity contribution is 5.89. The molecule has 0 radical (unpaired) electrons. The third-order valence-electron chi connectivity index (χ3n) is 3.08. The largest absolute Gasteiger partial charge is 0.508 e. The topological polar surface area (TPSA) is 73.2 Å². The number of anilines is 1. The number of aromatic hydroxyl groups is 1. The van der Waals surface area contributed by atoms with Crippen molar-refractivity contribution in [3.05, 3.63) is 47.7 Å². The lowest BCUT2D eigenvalue weighted by Crippen LogP contribution is -2.03. The van der Waals surface area contributed by atoms with Gasteiger partial charge in [-0.15, -0.1) is 0 Å². The summed E-state index contributed by atoms with van der Waals surface area (Å²) in [6, 6.07) is 4.79. The zero-order valence-electron chi connectivity index (χ0n) is 12.7. The van der Waals surface area contributed by atoms with Crippen molar-refractivity contribution < 1.29 is 9.90 Å². The monoisotopic (exact) mass is 286 g/mol. The van der Waals surface area contributed by atoms with Gasteiger partial charge in [-0.2, -0.15) is 0 Å². The summed E-state index contributed by atoms with van der Waals surface area (Å²) in [5.74, 6) is 0.459. The van der Waals surface area contributed by atoms with Crippen LogP contribution in [0.3, 0.4) is 0 Å². The average molecular weight is 286 g/mol. The molecule has 0 bridgehead atoms. The van der Waals surface area contributed by atoms with Crippen LogP contribution in [0, 0.1) is 11.3 Å². The van der Waals surface area contributed by atoms with E-state index in [1.807, 2.05) is 6.08 Å². The van der Waals surface area contributed by atoms with Crippen LogP contribution < -0.4 is 5.32 Å². The normalized spacial score (nSPS) is 13.2. The third-order valence-corrected chi connectivity index (χ3v) is 3.08. The number of carbonyl (C=O) groups is 1. The standard InChI is InChI=1S/C17H22N2O2/c1-4-12(2)9-15(6-5-13(3)20)19-17-8-7-16(21)10-14(17)11-18/h5-12,18-19,21H,4H2,1-3H3/b6-5-,15-9+,18-11?. The van der Waals surface area contributed by atoms with E-state index < -0.39 is 0 Å². The van der Waals surface area contributed by atoms with E-state index in [0.29, 0.717) is 17.2 Å². The van der Waals surface area contributed by atoms with Crippen LogP contribution >= 0.6 is 0 Å². The molecule has 1 unspecified atom stereocenters. The van der Waals surface area contributed by atoms with Crippen LogP contribution in [0.1, 0.15) is 32.8 Å². The van der Waals surface area contributed by atoms with E-state index in [4.69, 9.17) is 5.41 Å². The number of carbonyl (C=O) groups excluding carboxylic acids is 1. The quantitative estimate of drug-likeness (QED) is 0.308. The Balaban J connectivity index is 3.09. The van der Waals surface area contributed by atoms with E-state index >= 15 is 0 Å². The molecule has 0 spiro atoms. The molecule has 0 aromatic heterocycles. The molecule has 1 atom stereocenters. The van der Waals surface area contributed by atoms with Gasteiger partial charge in [-0.3, -0.25) is 4.79 Å². The zero-order chi connectivity index (χ0) is 15.8. The van der Waals surface area contributed by atoms with E-state index in [1.54, 1.807) is 18.2 Å². The fourth-order valence-corrected chi connectivity index (χ4v) is 1.71. The molecule has 0 aliphatic heterocycles. The average Bonchev–Trinajstić information content (AvgIpc) is 2.46. The van der Waals surface area contributed by atoms with Gasteiger partial charge in [0.25, 0.3) is 0 Å². The molecular formula is C17H22N2O2. The summed E-state index contributed by atoms with van der Waals surface area (Å²) in [5.41, 5.74) is 2.10. The van der Waals surface area contributed by atoms with Crippen LogP contribution in [0.4, 0.5) is 5.69 Å². The number of phenolic OH excluding ortho intramolecular Hbond substituents is 1. The van der Waals surface area contributed by atoms with Crippen molar-refractivity contribution in [1.82, 2.24) is 0 Å². The predicted molar refractivity (Wildman–Crippen MR) is 87.0 cm³/mol. The number of ketones is 1. The van der Waals surface area contributed by atoms with Gasteiger partial charge in [-0.25, -0.2) is 0 Å². The summed E-state index contributed by atoms with van der Waals surface area (Å²) >= 11 is 0. The number of phenols is 1. The van der Waals surface area contributed by atoms with Crippen molar-refractivity contribution in [3.8, 4) is 5.75 Å². The lowest BCUT2D eigenvalue weighted by atomic mass is 10.1. The van der Waals surface area contributed by atoms with Crippen molar-refractivity contribution >= 4 is 17.7 Å². The van der Waals surface area contributed by atoms with Crippen molar-refractivity contribution in [2.45, 2.75) is 27.2 Å². The molecule has 112 valence electrons. The first-order valence-electron chi connectivity index (χ1n) is 6.97. The van der Waals surface area contributed by atoms with Gasteiger partial charge in [-0.1, -0.05) is 26.3 Å². The maximum Gasteiger partial charge on any atom is 0.152 e. The molecule has 0 saturated heterocycles. The molecule has 1 aromatic carbocycles. The lowest BCUT2D eigenvalue weighted by molar-refractivity contribution is -0.112. The minimum absolute atomic E-state index is 0.0233. The van der Waals surface area contributed by atoms with Crippen molar-refractivity contribution in [3.63, 3.8) is 0 Å². The summed E-state index contributed by atoms with van der Waals surface area (Å²) < 4.78 is 0. The molecule has 21 heavy (non-hydrogen) atoms. The molecule has 0 heterocycles. The first-order chi connectivity index (χ1) is 9.96. The molecule has 0 amide bonds. The van der Waals surface area contributed by atoms with Crippen LogP contribution in [0.5, 0.6) is 5.75 Å². The first-order valence-corrected chi connectivity index (χ1v) is 6.97. The fraction of sp³-hybridized carbons (Fsp3) is 0.294. The summed E-state index contributed by atoms with van der Waals surface area (Å²) in [5, 5.41) is 20.1. The molecule has 0 fully saturated rings. The molecule has 0 saturated carbocycles. The highest BCUT2D eigenvalue weighted by Gasteiger charge is 2.04. The van der Waals surface area contributed by atoms with Gasteiger partial charge >= 0.3 is 0 Å². The Morgan fingerprint density at radius 1 is 1.43 bits per heavy atom. The fourth-order valence-electron chi connectivity index (χ4n) is 1.71. The van der Waals surface area contributed by atoms with E-state index in [9.17, 15) is 9.90 Å². The second-order valence-electron chi connectivity index (χ2n) is 4.99. The van der Waals surface area contributed by atoms with Gasteiger partial charge in [0, 0.05) is 23.2 Å². The molecule has 0 aliphatic carbocycles. The highest BCUT2D eigenvalue weighted by Crippen LogP contribution is 2.22. The van der Waals surface area contributed by atoms with Crippen molar-refractivity contribution in [2.75, 3.05) is 5.32 Å². The van der Waals surface area contributed by atoms with Crippen LogP contribution in [-0.2, 0) is 4.79 Å². The highest BCUT2D eigenvalue weighted by atomic mass is 16.3. The molecule has 4 heteroatoms. The lowest BCUT2D eigenvalue weighted by Gasteiger charge is -2.12. The predicted octanol–water partition coefficient (Wildman–Crippen LogP) is 3.88. The Morgan fingerprint density at radius 2 is 2.14 bits per heavy atom. The van der Waals surface area contributed by atoms with Gasteiger partial charge in [-0.05, 0) is 43.2 Å². The maximum absolute atomic E-state index is 11.1. The van der Waals surface area contributed by atoms with Gasteiger partial charge in [0.1, 0.15) is 5.75 Å². The number of allylic oxidation sites excluding steroid dienone is 3.